The van der Waals surface area contributed by atoms with Crippen LogP contribution in [0, 0.1) is 17.2 Å². The van der Waals surface area contributed by atoms with Crippen LogP contribution in [-0.4, -0.2) is 27.5 Å². The van der Waals surface area contributed by atoms with Crippen LogP contribution in [0.4, 0.5) is 0 Å². The van der Waals surface area contributed by atoms with Crippen molar-refractivity contribution < 1.29 is 9.59 Å². The van der Waals surface area contributed by atoms with Crippen molar-refractivity contribution in [3.8, 4) is 0 Å². The second-order valence-corrected chi connectivity index (χ2v) is 5.68. The van der Waals surface area contributed by atoms with Crippen LogP contribution >= 0.6 is 0 Å². The Labute approximate surface area is 123 Å². The fourth-order valence-corrected chi connectivity index (χ4v) is 1.73. The van der Waals surface area contributed by atoms with Gasteiger partial charge in [0.05, 0.1) is 11.9 Å². The van der Waals surface area contributed by atoms with Crippen molar-refractivity contribution in [2.45, 2.75) is 33.6 Å². The van der Waals surface area contributed by atoms with E-state index in [0.29, 0.717) is 11.4 Å². The first-order chi connectivity index (χ1) is 9.88. The Morgan fingerprint density at radius 2 is 2.14 bits per heavy atom. The normalized spacial score (nSPS) is 15.1. The topological polar surface area (TPSA) is 98.7 Å². The summed E-state index contributed by atoms with van der Waals surface area (Å²) in [6.45, 7) is 5.74. The van der Waals surface area contributed by atoms with E-state index in [-0.39, 0.29) is 23.6 Å². The van der Waals surface area contributed by atoms with Gasteiger partial charge in [-0.3, -0.25) is 14.9 Å². The molecular formula is C15H20N4O2. The predicted molar refractivity (Wildman–Crippen MR) is 80.0 cm³/mol. The van der Waals surface area contributed by atoms with Crippen LogP contribution in [0.1, 0.15) is 49.9 Å². The zero-order valence-corrected chi connectivity index (χ0v) is 12.5. The number of hydrogen-bond donors (Lipinski definition) is 3. The number of nitrogens with zero attached hydrogens (tertiary/aromatic N) is 1. The third-order valence-electron chi connectivity index (χ3n) is 3.39. The van der Waals surface area contributed by atoms with E-state index in [0.717, 1.165) is 18.4 Å². The molecular weight excluding hydrogens is 268 g/mol. The van der Waals surface area contributed by atoms with Crippen LogP contribution in [0.2, 0.25) is 0 Å². The van der Waals surface area contributed by atoms with Crippen LogP contribution in [0.5, 0.6) is 0 Å². The number of amides is 2. The average Bonchev–Trinajstić information content (AvgIpc) is 3.15. The van der Waals surface area contributed by atoms with Gasteiger partial charge in [-0.1, -0.05) is 13.8 Å². The van der Waals surface area contributed by atoms with Crippen molar-refractivity contribution in [2.75, 3.05) is 0 Å². The number of H-pyrrole nitrogens is 1. The molecule has 1 aliphatic rings. The first kappa shape index (κ1) is 15.2. The number of rotatable bonds is 5. The zero-order chi connectivity index (χ0) is 15.6. The molecule has 1 aromatic heterocycles. The molecule has 6 heteroatoms. The second-order valence-electron chi connectivity index (χ2n) is 5.68. The second kappa shape index (κ2) is 6.03. The lowest BCUT2D eigenvalue weighted by molar-refractivity contribution is -0.121. The van der Waals surface area contributed by atoms with Crippen molar-refractivity contribution in [1.82, 2.24) is 15.3 Å². The van der Waals surface area contributed by atoms with Gasteiger partial charge in [-0.05, 0) is 37.3 Å². The molecule has 1 heterocycles. The summed E-state index contributed by atoms with van der Waals surface area (Å²) < 4.78 is 0. The highest BCUT2D eigenvalue weighted by molar-refractivity contribution is 6.04. The molecule has 0 spiro atoms. The lowest BCUT2D eigenvalue weighted by Crippen LogP contribution is -2.32. The summed E-state index contributed by atoms with van der Waals surface area (Å²) in [4.78, 5) is 30.3. The number of allylic oxidation sites excluding steroid dienone is 2. The summed E-state index contributed by atoms with van der Waals surface area (Å²) in [6, 6.07) is 0. The molecule has 0 saturated heterocycles. The van der Waals surface area contributed by atoms with Crippen LogP contribution in [0.25, 0.3) is 5.57 Å². The van der Waals surface area contributed by atoms with Gasteiger partial charge >= 0.3 is 0 Å². The smallest absolute Gasteiger partial charge is 0.293 e. The minimum absolute atomic E-state index is 0.0171. The van der Waals surface area contributed by atoms with Gasteiger partial charge in [0.1, 0.15) is 0 Å². The number of aromatic amines is 1. The highest BCUT2D eigenvalue weighted by Crippen LogP contribution is 2.28. The molecule has 112 valence electrons. The molecule has 6 nitrogen and oxygen atoms in total. The van der Waals surface area contributed by atoms with Crippen molar-refractivity contribution in [1.29, 1.82) is 5.41 Å². The third kappa shape index (κ3) is 3.87. The van der Waals surface area contributed by atoms with Crippen molar-refractivity contribution >= 4 is 23.1 Å². The van der Waals surface area contributed by atoms with E-state index < -0.39 is 5.91 Å². The van der Waals surface area contributed by atoms with Crippen molar-refractivity contribution in [3.63, 3.8) is 0 Å². The van der Waals surface area contributed by atoms with Gasteiger partial charge in [0.15, 0.2) is 5.82 Å². The fraction of sp³-hybridized carbons (Fsp3) is 0.467. The van der Waals surface area contributed by atoms with Gasteiger partial charge in [0.25, 0.3) is 5.91 Å². The van der Waals surface area contributed by atoms with Gasteiger partial charge < -0.3 is 10.4 Å². The molecule has 21 heavy (non-hydrogen) atoms. The van der Waals surface area contributed by atoms with Crippen LogP contribution < -0.4 is 5.32 Å². The van der Waals surface area contributed by atoms with E-state index in [2.05, 4.69) is 15.3 Å². The number of carbonyl (C=O) groups is 2. The fourth-order valence-electron chi connectivity index (χ4n) is 1.73. The van der Waals surface area contributed by atoms with Crippen LogP contribution in [-0.2, 0) is 4.79 Å². The molecule has 0 atom stereocenters. The Morgan fingerprint density at radius 3 is 2.71 bits per heavy atom. The lowest BCUT2D eigenvalue weighted by Gasteiger charge is -2.03. The molecule has 3 N–H and O–H groups in total. The summed E-state index contributed by atoms with van der Waals surface area (Å²) in [5, 5.41) is 10.2. The van der Waals surface area contributed by atoms with Crippen molar-refractivity contribution in [3.05, 3.63) is 23.8 Å². The molecule has 0 radical (unpaired) electrons. The Bertz CT molecular complexity index is 609. The van der Waals surface area contributed by atoms with Gasteiger partial charge in [-0.25, -0.2) is 4.98 Å². The maximum absolute atomic E-state index is 11.9. The largest absolute Gasteiger partial charge is 0.334 e. The number of imide groups is 1. The van der Waals surface area contributed by atoms with E-state index in [1.54, 1.807) is 6.08 Å². The molecule has 0 unspecified atom stereocenters. The Kier molecular flexibility index (Phi) is 4.35. The van der Waals surface area contributed by atoms with E-state index in [9.17, 15) is 9.59 Å². The molecule has 2 amide bonds. The first-order valence-electron chi connectivity index (χ1n) is 7.05. The molecule has 0 aliphatic heterocycles. The first-order valence-corrected chi connectivity index (χ1v) is 7.05. The Morgan fingerprint density at radius 1 is 1.48 bits per heavy atom. The number of aromatic nitrogens is 2. The summed E-state index contributed by atoms with van der Waals surface area (Å²) in [7, 11) is 0. The van der Waals surface area contributed by atoms with Crippen LogP contribution in [0.3, 0.4) is 0 Å². The quantitative estimate of drug-likeness (QED) is 0.572. The van der Waals surface area contributed by atoms with Gasteiger partial charge in [0.2, 0.25) is 5.91 Å². The monoisotopic (exact) mass is 288 g/mol. The summed E-state index contributed by atoms with van der Waals surface area (Å²) in [5.74, 6) is -0.502. The molecule has 2 rings (SSSR count). The molecule has 1 saturated carbocycles. The summed E-state index contributed by atoms with van der Waals surface area (Å²) in [6.07, 6.45) is 4.98. The summed E-state index contributed by atoms with van der Waals surface area (Å²) >= 11 is 0. The highest BCUT2D eigenvalue weighted by atomic mass is 16.2. The predicted octanol–water partition coefficient (Wildman–Crippen LogP) is 2.16. The van der Waals surface area contributed by atoms with E-state index in [4.69, 9.17) is 5.41 Å². The standard InChI is InChI=1S/C15H20N4O2/c1-8(2)11(16)6-9(3)12-7-17-13(18-12)15(21)19-14(20)10-4-5-10/h6-8,10,16H,4-5H2,1-3H3,(H,17,18)(H,19,20,21)/b9-6-,16-11?. The lowest BCUT2D eigenvalue weighted by atomic mass is 10.1. The number of nitrogens with one attached hydrogen (secondary N) is 3. The Hall–Kier alpha value is -2.24. The summed E-state index contributed by atoms with van der Waals surface area (Å²) in [5.41, 5.74) is 2.01. The highest BCUT2D eigenvalue weighted by Gasteiger charge is 2.31. The van der Waals surface area contributed by atoms with E-state index in [1.807, 2.05) is 20.8 Å². The van der Waals surface area contributed by atoms with Crippen LogP contribution in [0.15, 0.2) is 12.3 Å². The molecule has 0 bridgehead atoms. The maximum Gasteiger partial charge on any atom is 0.293 e. The van der Waals surface area contributed by atoms with Gasteiger partial charge in [0, 0.05) is 11.6 Å². The number of carbonyl (C=O) groups excluding carboxylic acids is 2. The number of hydrogen-bond acceptors (Lipinski definition) is 4. The minimum atomic E-state index is -0.509. The van der Waals surface area contributed by atoms with Gasteiger partial charge in [-0.2, -0.15) is 0 Å². The molecule has 1 aromatic rings. The zero-order valence-electron chi connectivity index (χ0n) is 12.5. The third-order valence-corrected chi connectivity index (χ3v) is 3.39. The average molecular weight is 288 g/mol. The number of imidazole rings is 1. The SMILES string of the molecule is C/C(=C/C(=N)C(C)C)c1cnc(C(=O)NC(=O)C2CC2)[nH]1. The van der Waals surface area contributed by atoms with Gasteiger partial charge in [-0.15, -0.1) is 0 Å². The Balaban J connectivity index is 2.04. The molecule has 1 aliphatic carbocycles. The minimum Gasteiger partial charge on any atom is -0.334 e. The van der Waals surface area contributed by atoms with Crippen molar-refractivity contribution in [2.24, 2.45) is 11.8 Å². The molecule has 0 aromatic carbocycles. The van der Waals surface area contributed by atoms with E-state index in [1.165, 1.54) is 6.20 Å². The van der Waals surface area contributed by atoms with E-state index >= 15 is 0 Å². The maximum atomic E-state index is 11.9. The molecule has 1 fully saturated rings.